The van der Waals surface area contributed by atoms with Gasteiger partial charge in [-0.25, -0.2) is 8.42 Å². The van der Waals surface area contributed by atoms with Crippen molar-refractivity contribution < 1.29 is 23.4 Å². The van der Waals surface area contributed by atoms with E-state index in [0.29, 0.717) is 33.8 Å². The van der Waals surface area contributed by atoms with Gasteiger partial charge < -0.3 is 15.1 Å². The maximum absolute atomic E-state index is 13.4. The van der Waals surface area contributed by atoms with Crippen LogP contribution in [0.2, 0.25) is 5.02 Å². The number of aromatic nitrogens is 2. The third-order valence-electron chi connectivity index (χ3n) is 5.81. The molecule has 0 radical (unpaired) electrons. The number of phenols is 2. The van der Waals surface area contributed by atoms with Crippen molar-refractivity contribution >= 4 is 27.3 Å². The van der Waals surface area contributed by atoms with Gasteiger partial charge in [-0.15, -0.1) is 0 Å². The highest BCUT2D eigenvalue weighted by Crippen LogP contribution is 2.47. The van der Waals surface area contributed by atoms with Crippen molar-refractivity contribution in [3.63, 3.8) is 0 Å². The molecule has 0 saturated carbocycles. The number of sulfone groups is 1. The molecule has 3 N–H and O–H groups in total. The molecule has 8 nitrogen and oxygen atoms in total. The highest BCUT2D eigenvalue weighted by molar-refractivity contribution is 7.91. The first-order valence-electron chi connectivity index (χ1n) is 9.64. The number of aromatic hydroxyl groups is 2. The van der Waals surface area contributed by atoms with E-state index in [1.807, 2.05) is 0 Å². The van der Waals surface area contributed by atoms with Crippen LogP contribution in [0.3, 0.4) is 0 Å². The third kappa shape index (κ3) is 3.24. The van der Waals surface area contributed by atoms with Crippen LogP contribution in [0.1, 0.15) is 34.1 Å². The average molecular weight is 460 g/mol. The van der Waals surface area contributed by atoms with Crippen molar-refractivity contribution in [2.24, 2.45) is 0 Å². The SMILES string of the molecule is O=C1c2[nH]nc(-c3cc(Cl)ccc3O)c2C(c2cccc(O)c2)N1C1CCS(=O)(=O)C1. The summed E-state index contributed by atoms with van der Waals surface area (Å²) in [5.74, 6) is -0.507. The monoisotopic (exact) mass is 459 g/mol. The maximum Gasteiger partial charge on any atom is 0.273 e. The van der Waals surface area contributed by atoms with Crippen molar-refractivity contribution in [1.29, 1.82) is 0 Å². The predicted molar refractivity (Wildman–Crippen MR) is 114 cm³/mol. The summed E-state index contributed by atoms with van der Waals surface area (Å²) in [6.07, 6.45) is 0.332. The number of H-pyrrole nitrogens is 1. The lowest BCUT2D eigenvalue weighted by atomic mass is 9.95. The van der Waals surface area contributed by atoms with E-state index in [1.165, 1.54) is 18.2 Å². The smallest absolute Gasteiger partial charge is 0.273 e. The van der Waals surface area contributed by atoms with Gasteiger partial charge in [-0.1, -0.05) is 23.7 Å². The van der Waals surface area contributed by atoms with E-state index >= 15 is 0 Å². The minimum atomic E-state index is -3.24. The van der Waals surface area contributed by atoms with Crippen LogP contribution >= 0.6 is 11.6 Å². The standard InChI is InChI=1S/C21H18ClN3O5S/c22-12-4-5-16(27)15(9-12)18-17-19(24-23-18)21(28)25(13-6-7-31(29,30)10-13)20(17)11-2-1-3-14(26)8-11/h1-5,8-9,13,20,26-27H,6-7,10H2,(H,23,24). The Hall–Kier alpha value is -3.04. The molecule has 2 aromatic carbocycles. The topological polar surface area (TPSA) is 124 Å². The highest BCUT2D eigenvalue weighted by atomic mass is 35.5. The Morgan fingerprint density at radius 2 is 1.97 bits per heavy atom. The molecule has 5 rings (SSSR count). The fourth-order valence-corrected chi connectivity index (χ4v) is 6.35. The number of hydrogen-bond acceptors (Lipinski definition) is 6. The van der Waals surface area contributed by atoms with Crippen LogP contribution in [0.5, 0.6) is 11.5 Å². The lowest BCUT2D eigenvalue weighted by Crippen LogP contribution is -2.40. The molecule has 3 heterocycles. The van der Waals surface area contributed by atoms with Crippen molar-refractivity contribution in [1.82, 2.24) is 15.1 Å². The summed E-state index contributed by atoms with van der Waals surface area (Å²) in [5, 5.41) is 27.9. The molecule has 1 amide bonds. The molecular weight excluding hydrogens is 442 g/mol. The average Bonchev–Trinajstić information content (AvgIpc) is 3.37. The molecule has 0 aliphatic carbocycles. The van der Waals surface area contributed by atoms with Crippen LogP contribution in [0.15, 0.2) is 42.5 Å². The molecule has 2 unspecified atom stereocenters. The zero-order valence-corrected chi connectivity index (χ0v) is 17.7. The second kappa shape index (κ2) is 7.00. The van der Waals surface area contributed by atoms with Gasteiger partial charge in [0.25, 0.3) is 5.91 Å². The molecule has 0 spiro atoms. The second-order valence-electron chi connectivity index (χ2n) is 7.79. The molecule has 160 valence electrons. The summed E-state index contributed by atoms with van der Waals surface area (Å²) in [7, 11) is -3.24. The van der Waals surface area contributed by atoms with Crippen molar-refractivity contribution in [3.05, 3.63) is 64.3 Å². The molecule has 2 aliphatic heterocycles. The number of nitrogens with zero attached hydrogens (tertiary/aromatic N) is 2. The highest BCUT2D eigenvalue weighted by Gasteiger charge is 2.48. The van der Waals surface area contributed by atoms with E-state index in [9.17, 15) is 23.4 Å². The summed E-state index contributed by atoms with van der Waals surface area (Å²) < 4.78 is 24.3. The van der Waals surface area contributed by atoms with Crippen LogP contribution in [0, 0.1) is 0 Å². The van der Waals surface area contributed by atoms with Crippen LogP contribution in [-0.2, 0) is 9.84 Å². The number of phenolic OH excluding ortho intramolecular Hbond substituents is 2. The Balaban J connectivity index is 1.71. The number of rotatable bonds is 3. The number of amides is 1. The Bertz CT molecular complexity index is 1320. The van der Waals surface area contributed by atoms with Crippen molar-refractivity contribution in [2.75, 3.05) is 11.5 Å². The number of benzene rings is 2. The molecule has 1 saturated heterocycles. The minimum Gasteiger partial charge on any atom is -0.508 e. The zero-order chi connectivity index (χ0) is 21.9. The first-order valence-corrected chi connectivity index (χ1v) is 11.8. The first kappa shape index (κ1) is 19.9. The minimum absolute atomic E-state index is 0.0162. The first-order chi connectivity index (χ1) is 14.7. The fourth-order valence-electron chi connectivity index (χ4n) is 4.46. The van der Waals surface area contributed by atoms with Crippen LogP contribution in [0.4, 0.5) is 0 Å². The number of nitrogens with one attached hydrogen (secondary N) is 1. The quantitative estimate of drug-likeness (QED) is 0.553. The van der Waals surface area contributed by atoms with E-state index in [0.717, 1.165) is 0 Å². The molecule has 1 aromatic heterocycles. The lowest BCUT2D eigenvalue weighted by molar-refractivity contribution is 0.0677. The van der Waals surface area contributed by atoms with Crippen molar-refractivity contribution in [2.45, 2.75) is 18.5 Å². The van der Waals surface area contributed by atoms with E-state index in [4.69, 9.17) is 11.6 Å². The number of aromatic amines is 1. The zero-order valence-electron chi connectivity index (χ0n) is 16.1. The van der Waals surface area contributed by atoms with Gasteiger partial charge in [0.1, 0.15) is 22.9 Å². The summed E-state index contributed by atoms with van der Waals surface area (Å²) in [6, 6.07) is 9.83. The van der Waals surface area contributed by atoms with Gasteiger partial charge in [0, 0.05) is 22.2 Å². The van der Waals surface area contributed by atoms with Gasteiger partial charge in [-0.2, -0.15) is 5.10 Å². The van der Waals surface area contributed by atoms with Gasteiger partial charge >= 0.3 is 0 Å². The Kier molecular flexibility index (Phi) is 4.49. The van der Waals surface area contributed by atoms with Crippen LogP contribution in [0.25, 0.3) is 11.3 Å². The predicted octanol–water partition coefficient (Wildman–Crippen LogP) is 2.87. The van der Waals surface area contributed by atoms with Crippen LogP contribution < -0.4 is 0 Å². The maximum atomic E-state index is 13.4. The van der Waals surface area contributed by atoms with Gasteiger partial charge in [0.2, 0.25) is 0 Å². The molecule has 2 atom stereocenters. The Morgan fingerprint density at radius 1 is 1.16 bits per heavy atom. The van der Waals surface area contributed by atoms with E-state index < -0.39 is 21.9 Å². The molecule has 10 heteroatoms. The number of hydrogen-bond donors (Lipinski definition) is 3. The molecule has 2 aliphatic rings. The summed E-state index contributed by atoms with van der Waals surface area (Å²) in [4.78, 5) is 14.9. The van der Waals surface area contributed by atoms with Crippen molar-refractivity contribution in [3.8, 4) is 22.8 Å². The number of carbonyl (C=O) groups excluding carboxylic acids is 1. The van der Waals surface area contributed by atoms with Gasteiger partial charge in [-0.05, 0) is 42.3 Å². The lowest BCUT2D eigenvalue weighted by Gasteiger charge is -2.31. The number of carbonyl (C=O) groups is 1. The molecule has 3 aromatic rings. The largest absolute Gasteiger partial charge is 0.508 e. The number of fused-ring (bicyclic) bond motifs is 1. The Labute approximate surface area is 183 Å². The molecule has 31 heavy (non-hydrogen) atoms. The van der Waals surface area contributed by atoms with E-state index in [2.05, 4.69) is 10.2 Å². The second-order valence-corrected chi connectivity index (χ2v) is 10.5. The van der Waals surface area contributed by atoms with Gasteiger partial charge in [-0.3, -0.25) is 9.89 Å². The summed E-state index contributed by atoms with van der Waals surface area (Å²) >= 11 is 6.12. The summed E-state index contributed by atoms with van der Waals surface area (Å²) in [6.45, 7) is 0. The number of halogens is 1. The van der Waals surface area contributed by atoms with Gasteiger partial charge in [0.15, 0.2) is 9.84 Å². The van der Waals surface area contributed by atoms with E-state index in [1.54, 1.807) is 29.2 Å². The van der Waals surface area contributed by atoms with Crippen LogP contribution in [-0.4, -0.2) is 57.2 Å². The molecule has 0 bridgehead atoms. The van der Waals surface area contributed by atoms with Gasteiger partial charge in [0.05, 0.1) is 17.5 Å². The fraction of sp³-hybridized carbons (Fsp3) is 0.238. The molecular formula is C21H18ClN3O5S. The third-order valence-corrected chi connectivity index (χ3v) is 7.79. The molecule has 1 fully saturated rings. The normalized spacial score (nSPS) is 22.1. The van der Waals surface area contributed by atoms with E-state index in [-0.39, 0.29) is 34.6 Å². The summed E-state index contributed by atoms with van der Waals surface area (Å²) in [5.41, 5.74) is 2.05. The Morgan fingerprint density at radius 3 is 2.68 bits per heavy atom.